The Morgan fingerprint density at radius 2 is 1.28 bits per heavy atom. The summed E-state index contributed by atoms with van der Waals surface area (Å²) in [5.74, 6) is -2.17. The fourth-order valence-electron chi connectivity index (χ4n) is 5.01. The number of aromatic nitrogens is 2. The number of rotatable bonds is 8. The summed E-state index contributed by atoms with van der Waals surface area (Å²) in [4.78, 5) is 36.9. The van der Waals surface area contributed by atoms with Gasteiger partial charge >= 0.3 is 11.9 Å². The molecule has 0 radical (unpaired) electrons. The molecular weight excluding hydrogens is 626 g/mol. The van der Waals surface area contributed by atoms with E-state index in [-0.39, 0.29) is 11.4 Å². The van der Waals surface area contributed by atoms with Gasteiger partial charge < -0.3 is 29.2 Å². The summed E-state index contributed by atoms with van der Waals surface area (Å²) >= 11 is 1.07. The molecule has 2 N–H and O–H groups in total. The maximum absolute atomic E-state index is 11.8. The Hall–Kier alpha value is -3.94. The summed E-state index contributed by atoms with van der Waals surface area (Å²) in [7, 11) is 0. The van der Waals surface area contributed by atoms with E-state index in [1.165, 1.54) is 12.1 Å². The van der Waals surface area contributed by atoms with Crippen LogP contribution in [0, 0.1) is 10.7 Å². The Bertz CT molecular complexity index is 1450. The number of benzene rings is 1. The van der Waals surface area contributed by atoms with Crippen LogP contribution in [0.25, 0.3) is 0 Å². The molecule has 2 aromatic heterocycles. The van der Waals surface area contributed by atoms with Crippen LogP contribution in [-0.4, -0.2) is 121 Å². The molecule has 3 heterocycles. The molecule has 1 atom stereocenters. The summed E-state index contributed by atoms with van der Waals surface area (Å²) in [5, 5.41) is 30.1. The maximum atomic E-state index is 11.8. The van der Waals surface area contributed by atoms with Crippen LogP contribution in [-0.2, 0) is 25.5 Å². The Kier molecular flexibility index (Phi) is 15.0. The van der Waals surface area contributed by atoms with Crippen LogP contribution < -0.4 is 0 Å². The first-order valence-corrected chi connectivity index (χ1v) is 16.1. The number of ether oxygens (including phenoxy) is 4. The fourth-order valence-corrected chi connectivity index (χ4v) is 5.39. The van der Waals surface area contributed by atoms with Gasteiger partial charge in [-0.15, -0.1) is 0 Å². The van der Waals surface area contributed by atoms with Crippen molar-refractivity contribution in [2.45, 2.75) is 17.5 Å². The molecule has 4 rings (SSSR count). The topological polar surface area (TPSA) is 168 Å². The highest BCUT2D eigenvalue weighted by Crippen LogP contribution is 2.29. The Labute approximate surface area is 278 Å². The van der Waals surface area contributed by atoms with Crippen molar-refractivity contribution in [3.05, 3.63) is 89.0 Å². The second kappa shape index (κ2) is 19.7. The Morgan fingerprint density at radius 1 is 0.745 bits per heavy atom. The van der Waals surface area contributed by atoms with Crippen LogP contribution in [0.5, 0.6) is 0 Å². The van der Waals surface area contributed by atoms with Gasteiger partial charge in [-0.2, -0.15) is 5.26 Å². The summed E-state index contributed by atoms with van der Waals surface area (Å²) in [6.07, 6.45) is 0. The van der Waals surface area contributed by atoms with Crippen LogP contribution in [0.1, 0.15) is 44.0 Å². The molecular formula is C33H39N5O8S. The SMILES string of the molecule is N#CSc1ccc(C(c2cccc(C(=O)O)n2)N2CCOCCOCCN(Cc3cccc(C(=O)O)n3)CCOCCOCC2)cc1. The van der Waals surface area contributed by atoms with Crippen LogP contribution in [0.4, 0.5) is 0 Å². The number of carboxylic acid groups (broad SMARTS) is 2. The van der Waals surface area contributed by atoms with Gasteiger partial charge in [-0.3, -0.25) is 9.80 Å². The molecule has 1 aliphatic heterocycles. The number of thioether (sulfide) groups is 1. The lowest BCUT2D eigenvalue weighted by atomic mass is 10.0. The standard InChI is InChI=1S/C33H39N5O8S/c34-24-47-27-9-7-25(8-10-27)31(28-4-2-6-30(36-28)33(41)42)38-13-17-45-21-19-43-15-11-37(12-16-44-20-22-46-18-14-38)23-26-3-1-5-29(35-26)32(39)40/h1-10,31H,11-23H2,(H,39,40)(H,41,42). The molecule has 1 aliphatic rings. The number of carboxylic acids is 2. The molecule has 1 fully saturated rings. The van der Waals surface area contributed by atoms with Crippen molar-refractivity contribution in [1.29, 1.82) is 5.26 Å². The van der Waals surface area contributed by atoms with Gasteiger partial charge in [0.15, 0.2) is 0 Å². The second-order valence-electron chi connectivity index (χ2n) is 10.5. The predicted molar refractivity (Wildman–Crippen MR) is 172 cm³/mol. The predicted octanol–water partition coefficient (Wildman–Crippen LogP) is 3.42. The highest BCUT2D eigenvalue weighted by Gasteiger charge is 2.25. The molecule has 13 nitrogen and oxygen atoms in total. The summed E-state index contributed by atoms with van der Waals surface area (Å²) < 4.78 is 23.6. The van der Waals surface area contributed by atoms with Crippen LogP contribution >= 0.6 is 11.8 Å². The molecule has 250 valence electrons. The lowest BCUT2D eigenvalue weighted by Gasteiger charge is -2.32. The maximum Gasteiger partial charge on any atom is 0.354 e. The third kappa shape index (κ3) is 12.0. The fraction of sp³-hybridized carbons (Fsp3) is 0.424. The molecule has 0 saturated carbocycles. The lowest BCUT2D eigenvalue weighted by molar-refractivity contribution is 0.00331. The Morgan fingerprint density at radius 3 is 1.83 bits per heavy atom. The monoisotopic (exact) mass is 665 g/mol. The molecule has 1 saturated heterocycles. The highest BCUT2D eigenvalue weighted by molar-refractivity contribution is 8.03. The number of hydrogen-bond acceptors (Lipinski definition) is 12. The molecule has 1 aromatic carbocycles. The second-order valence-corrected chi connectivity index (χ2v) is 11.4. The summed E-state index contributed by atoms with van der Waals surface area (Å²) in [6.45, 7) is 5.91. The molecule has 1 unspecified atom stereocenters. The van der Waals surface area contributed by atoms with E-state index in [0.717, 1.165) is 22.2 Å². The average molecular weight is 666 g/mol. The van der Waals surface area contributed by atoms with Gasteiger partial charge in [0.2, 0.25) is 0 Å². The number of pyridine rings is 2. The normalized spacial score (nSPS) is 17.5. The van der Waals surface area contributed by atoms with E-state index in [4.69, 9.17) is 24.2 Å². The molecule has 0 spiro atoms. The third-order valence-electron chi connectivity index (χ3n) is 7.30. The Balaban J connectivity index is 1.42. The first-order chi connectivity index (χ1) is 22.9. The number of nitrogens with zero attached hydrogens (tertiary/aromatic N) is 5. The third-order valence-corrected chi connectivity index (χ3v) is 7.90. The van der Waals surface area contributed by atoms with E-state index in [2.05, 4.69) is 25.2 Å². The van der Waals surface area contributed by atoms with Gasteiger partial charge in [-0.1, -0.05) is 24.3 Å². The lowest BCUT2D eigenvalue weighted by Crippen LogP contribution is -2.36. The van der Waals surface area contributed by atoms with Crippen LogP contribution in [0.3, 0.4) is 0 Å². The van der Waals surface area contributed by atoms with Crippen molar-refractivity contribution in [2.24, 2.45) is 0 Å². The zero-order valence-electron chi connectivity index (χ0n) is 26.0. The van der Waals surface area contributed by atoms with Crippen molar-refractivity contribution in [3.8, 4) is 5.40 Å². The van der Waals surface area contributed by atoms with Crippen LogP contribution in [0.15, 0.2) is 65.6 Å². The summed E-state index contributed by atoms with van der Waals surface area (Å²) in [6, 6.07) is 17.1. The zero-order chi connectivity index (χ0) is 33.3. The van der Waals surface area contributed by atoms with E-state index in [1.54, 1.807) is 18.2 Å². The molecule has 0 bridgehead atoms. The number of hydrogen-bond donors (Lipinski definition) is 2. The minimum Gasteiger partial charge on any atom is -0.477 e. The number of nitriles is 1. The van der Waals surface area contributed by atoms with Gasteiger partial charge in [0, 0.05) is 37.6 Å². The quantitative estimate of drug-likeness (QED) is 0.265. The van der Waals surface area contributed by atoms with Crippen molar-refractivity contribution in [3.63, 3.8) is 0 Å². The molecule has 47 heavy (non-hydrogen) atoms. The smallest absolute Gasteiger partial charge is 0.354 e. The van der Waals surface area contributed by atoms with Gasteiger partial charge in [0.1, 0.15) is 16.8 Å². The minimum absolute atomic E-state index is 0.00761. The first-order valence-electron chi connectivity index (χ1n) is 15.3. The zero-order valence-corrected chi connectivity index (χ0v) is 26.8. The largest absolute Gasteiger partial charge is 0.477 e. The minimum atomic E-state index is -1.11. The van der Waals surface area contributed by atoms with Gasteiger partial charge in [0.05, 0.1) is 70.3 Å². The van der Waals surface area contributed by atoms with Gasteiger partial charge in [-0.05, 0) is 53.7 Å². The first kappa shape index (κ1) is 35.9. The molecule has 14 heteroatoms. The van der Waals surface area contributed by atoms with Crippen molar-refractivity contribution in [1.82, 2.24) is 19.8 Å². The number of carbonyl (C=O) groups is 2. The van der Waals surface area contributed by atoms with Gasteiger partial charge in [-0.25, -0.2) is 19.6 Å². The van der Waals surface area contributed by atoms with E-state index in [0.29, 0.717) is 97.0 Å². The highest BCUT2D eigenvalue weighted by atomic mass is 32.2. The molecule has 3 aromatic rings. The number of thiocyanates is 1. The number of aromatic carboxylic acids is 2. The van der Waals surface area contributed by atoms with E-state index in [9.17, 15) is 19.8 Å². The molecule has 0 aliphatic carbocycles. The van der Waals surface area contributed by atoms with Crippen LogP contribution in [0.2, 0.25) is 0 Å². The summed E-state index contributed by atoms with van der Waals surface area (Å²) in [5.41, 5.74) is 2.09. The van der Waals surface area contributed by atoms with E-state index < -0.39 is 18.0 Å². The van der Waals surface area contributed by atoms with Crippen molar-refractivity contribution < 1.29 is 38.7 Å². The van der Waals surface area contributed by atoms with Crippen molar-refractivity contribution >= 4 is 23.7 Å². The van der Waals surface area contributed by atoms with Crippen molar-refractivity contribution in [2.75, 3.05) is 79.0 Å². The van der Waals surface area contributed by atoms with Gasteiger partial charge in [0.25, 0.3) is 0 Å². The van der Waals surface area contributed by atoms with E-state index in [1.807, 2.05) is 30.3 Å². The average Bonchev–Trinajstić information content (AvgIpc) is 3.07. The van der Waals surface area contributed by atoms with E-state index >= 15 is 0 Å². The molecule has 0 amide bonds.